The standard InChI is InChI=1S/C13H14O4S/c14-12(9-4-2-1-3-5-9)17-10-8-16-13(18)6-7-15-11(10)13/h1-5,10-11,18H,6-8H2/t10?,11-,13+/m1/s1. The molecule has 3 atom stereocenters. The summed E-state index contributed by atoms with van der Waals surface area (Å²) in [6, 6.07) is 8.91. The summed E-state index contributed by atoms with van der Waals surface area (Å²) in [5.74, 6) is -0.350. The summed E-state index contributed by atoms with van der Waals surface area (Å²) in [6.45, 7) is 0.931. The van der Waals surface area contributed by atoms with Gasteiger partial charge in [0.25, 0.3) is 0 Å². The van der Waals surface area contributed by atoms with E-state index in [0.29, 0.717) is 18.8 Å². The Bertz CT molecular complexity index is 450. The zero-order chi connectivity index (χ0) is 12.6. The maximum absolute atomic E-state index is 11.9. The molecule has 0 aromatic heterocycles. The summed E-state index contributed by atoms with van der Waals surface area (Å²) in [4.78, 5) is 11.3. The number of esters is 1. The van der Waals surface area contributed by atoms with Crippen LogP contribution in [0.25, 0.3) is 0 Å². The van der Waals surface area contributed by atoms with Crippen LogP contribution in [0.2, 0.25) is 0 Å². The minimum absolute atomic E-state index is 0.270. The van der Waals surface area contributed by atoms with Crippen molar-refractivity contribution < 1.29 is 19.0 Å². The summed E-state index contributed by atoms with van der Waals surface area (Å²) in [5.41, 5.74) is 0.534. The van der Waals surface area contributed by atoms with Gasteiger partial charge in [0.1, 0.15) is 11.0 Å². The van der Waals surface area contributed by atoms with E-state index in [1.165, 1.54) is 0 Å². The van der Waals surface area contributed by atoms with Gasteiger partial charge in [0.15, 0.2) is 6.10 Å². The highest BCUT2D eigenvalue weighted by atomic mass is 32.1. The minimum atomic E-state index is -0.596. The Labute approximate surface area is 111 Å². The Morgan fingerprint density at radius 3 is 2.94 bits per heavy atom. The summed E-state index contributed by atoms with van der Waals surface area (Å²) >= 11 is 4.47. The van der Waals surface area contributed by atoms with Gasteiger partial charge in [0, 0.05) is 6.42 Å². The van der Waals surface area contributed by atoms with E-state index in [-0.39, 0.29) is 18.2 Å². The Kier molecular flexibility index (Phi) is 3.05. The van der Waals surface area contributed by atoms with Gasteiger partial charge >= 0.3 is 5.97 Å². The minimum Gasteiger partial charge on any atom is -0.453 e. The molecule has 5 heteroatoms. The fourth-order valence-electron chi connectivity index (χ4n) is 2.35. The van der Waals surface area contributed by atoms with Gasteiger partial charge in [0.05, 0.1) is 18.8 Å². The molecule has 0 aliphatic carbocycles. The first-order valence-corrected chi connectivity index (χ1v) is 6.38. The van der Waals surface area contributed by atoms with E-state index < -0.39 is 4.93 Å². The predicted octanol–water partition coefficient (Wildman–Crippen LogP) is 1.66. The van der Waals surface area contributed by atoms with Crippen LogP contribution in [0, 0.1) is 0 Å². The van der Waals surface area contributed by atoms with Gasteiger partial charge in [-0.2, -0.15) is 0 Å². The Balaban J connectivity index is 1.69. The topological polar surface area (TPSA) is 44.8 Å². The molecule has 18 heavy (non-hydrogen) atoms. The Morgan fingerprint density at radius 2 is 2.17 bits per heavy atom. The second-order valence-electron chi connectivity index (χ2n) is 4.51. The van der Waals surface area contributed by atoms with Crippen LogP contribution in [0.3, 0.4) is 0 Å². The van der Waals surface area contributed by atoms with Crippen LogP contribution in [0.15, 0.2) is 30.3 Å². The number of fused-ring (bicyclic) bond motifs is 1. The van der Waals surface area contributed by atoms with Crippen molar-refractivity contribution in [2.45, 2.75) is 23.6 Å². The lowest BCUT2D eigenvalue weighted by Crippen LogP contribution is -2.36. The van der Waals surface area contributed by atoms with Crippen LogP contribution in [-0.4, -0.2) is 36.3 Å². The van der Waals surface area contributed by atoms with Crippen LogP contribution < -0.4 is 0 Å². The zero-order valence-corrected chi connectivity index (χ0v) is 10.6. The highest BCUT2D eigenvalue weighted by Crippen LogP contribution is 2.41. The third-order valence-corrected chi connectivity index (χ3v) is 3.91. The largest absolute Gasteiger partial charge is 0.453 e. The number of carbonyl (C=O) groups excluding carboxylic acids is 1. The van der Waals surface area contributed by atoms with Gasteiger partial charge in [0.2, 0.25) is 0 Å². The molecule has 2 saturated heterocycles. The third kappa shape index (κ3) is 2.02. The van der Waals surface area contributed by atoms with Gasteiger partial charge in [-0.15, -0.1) is 12.6 Å². The molecule has 1 unspecified atom stereocenters. The first-order chi connectivity index (χ1) is 8.69. The molecule has 2 fully saturated rings. The molecule has 96 valence electrons. The number of thiol groups is 1. The highest BCUT2D eigenvalue weighted by molar-refractivity contribution is 7.81. The Hall–Kier alpha value is -1.04. The molecule has 1 aromatic carbocycles. The molecule has 4 nitrogen and oxygen atoms in total. The second-order valence-corrected chi connectivity index (χ2v) is 5.26. The van der Waals surface area contributed by atoms with Gasteiger partial charge in [-0.1, -0.05) is 18.2 Å². The molecule has 2 aliphatic rings. The number of carbonyl (C=O) groups is 1. The van der Waals surface area contributed by atoms with Crippen molar-refractivity contribution in [3.63, 3.8) is 0 Å². The average molecular weight is 266 g/mol. The van der Waals surface area contributed by atoms with E-state index >= 15 is 0 Å². The van der Waals surface area contributed by atoms with Gasteiger partial charge in [-0.25, -0.2) is 4.79 Å². The van der Waals surface area contributed by atoms with E-state index in [1.54, 1.807) is 24.3 Å². The van der Waals surface area contributed by atoms with Crippen molar-refractivity contribution in [2.24, 2.45) is 0 Å². The van der Waals surface area contributed by atoms with Crippen LogP contribution in [0.5, 0.6) is 0 Å². The fourth-order valence-corrected chi connectivity index (χ4v) is 2.75. The van der Waals surface area contributed by atoms with E-state index in [0.717, 1.165) is 6.42 Å². The van der Waals surface area contributed by atoms with Crippen LogP contribution >= 0.6 is 12.6 Å². The molecule has 1 aromatic rings. The first kappa shape index (κ1) is 12.0. The lowest BCUT2D eigenvalue weighted by Gasteiger charge is -2.21. The molecule has 2 heterocycles. The molecule has 0 radical (unpaired) electrons. The maximum atomic E-state index is 11.9. The normalized spacial score (nSPS) is 34.3. The highest BCUT2D eigenvalue weighted by Gasteiger charge is 2.53. The van der Waals surface area contributed by atoms with Crippen LogP contribution in [0.4, 0.5) is 0 Å². The summed E-state index contributed by atoms with van der Waals surface area (Å²) < 4.78 is 16.6. The van der Waals surface area contributed by atoms with Crippen molar-refractivity contribution in [2.75, 3.05) is 13.2 Å². The molecule has 3 rings (SSSR count). The van der Waals surface area contributed by atoms with Gasteiger partial charge in [-0.3, -0.25) is 0 Å². The quantitative estimate of drug-likeness (QED) is 0.653. The monoisotopic (exact) mass is 266 g/mol. The molecule has 0 spiro atoms. The SMILES string of the molecule is O=C(OC1CO[C@]2(S)CCO[C@H]12)c1ccccc1. The van der Waals surface area contributed by atoms with Crippen molar-refractivity contribution >= 4 is 18.6 Å². The molecule has 0 N–H and O–H groups in total. The van der Waals surface area contributed by atoms with E-state index in [4.69, 9.17) is 14.2 Å². The summed E-state index contributed by atoms with van der Waals surface area (Å²) in [7, 11) is 0. The molecular formula is C13H14O4S. The Morgan fingerprint density at radius 1 is 1.39 bits per heavy atom. The van der Waals surface area contributed by atoms with Crippen molar-refractivity contribution in [3.8, 4) is 0 Å². The number of hydrogen-bond acceptors (Lipinski definition) is 5. The van der Waals surface area contributed by atoms with Crippen molar-refractivity contribution in [3.05, 3.63) is 35.9 Å². The zero-order valence-electron chi connectivity index (χ0n) is 9.74. The van der Waals surface area contributed by atoms with E-state index in [1.807, 2.05) is 6.07 Å². The fraction of sp³-hybridized carbons (Fsp3) is 0.462. The molecule has 2 aliphatic heterocycles. The number of hydrogen-bond donors (Lipinski definition) is 1. The van der Waals surface area contributed by atoms with Crippen LogP contribution in [0.1, 0.15) is 16.8 Å². The number of rotatable bonds is 2. The van der Waals surface area contributed by atoms with Gasteiger partial charge < -0.3 is 14.2 Å². The molecule has 0 bridgehead atoms. The smallest absolute Gasteiger partial charge is 0.338 e. The molecule has 0 amide bonds. The van der Waals surface area contributed by atoms with Gasteiger partial charge in [-0.05, 0) is 12.1 Å². The lowest BCUT2D eigenvalue weighted by molar-refractivity contribution is -0.0158. The number of benzene rings is 1. The van der Waals surface area contributed by atoms with E-state index in [2.05, 4.69) is 12.6 Å². The van der Waals surface area contributed by atoms with Crippen LogP contribution in [-0.2, 0) is 14.2 Å². The van der Waals surface area contributed by atoms with Crippen molar-refractivity contribution in [1.82, 2.24) is 0 Å². The van der Waals surface area contributed by atoms with E-state index in [9.17, 15) is 4.79 Å². The summed E-state index contributed by atoms with van der Waals surface area (Å²) in [5, 5.41) is 0. The number of ether oxygens (including phenoxy) is 3. The first-order valence-electron chi connectivity index (χ1n) is 5.93. The molecular weight excluding hydrogens is 252 g/mol. The molecule has 0 saturated carbocycles. The lowest BCUT2D eigenvalue weighted by atomic mass is 10.1. The predicted molar refractivity (Wildman–Crippen MR) is 67.7 cm³/mol. The summed E-state index contributed by atoms with van der Waals surface area (Å²) in [6.07, 6.45) is 0.0754. The average Bonchev–Trinajstić information content (AvgIpc) is 2.89. The maximum Gasteiger partial charge on any atom is 0.338 e. The second kappa shape index (κ2) is 4.57. The van der Waals surface area contributed by atoms with Crippen molar-refractivity contribution in [1.29, 1.82) is 0 Å². The third-order valence-electron chi connectivity index (χ3n) is 3.31.